The Hall–Kier alpha value is -1.51. The summed E-state index contributed by atoms with van der Waals surface area (Å²) >= 11 is 11.9. The Morgan fingerprint density at radius 2 is 1.55 bits per heavy atom. The van der Waals surface area contributed by atoms with Crippen molar-refractivity contribution in [3.8, 4) is 0 Å². The molecule has 156 valence electrons. The zero-order valence-electron chi connectivity index (χ0n) is 17.6. The second-order valence-electron chi connectivity index (χ2n) is 9.38. The zero-order valence-corrected chi connectivity index (χ0v) is 19.1. The van der Waals surface area contributed by atoms with Crippen LogP contribution in [-0.4, -0.2) is 23.4 Å². The fraction of sp³-hybridized carbons (Fsp3) is 0.480. The lowest BCUT2D eigenvalue weighted by Crippen LogP contribution is -2.46. The summed E-state index contributed by atoms with van der Waals surface area (Å²) in [7, 11) is 0. The van der Waals surface area contributed by atoms with Crippen LogP contribution in [0, 0.1) is 5.41 Å². The van der Waals surface area contributed by atoms with Gasteiger partial charge in [-0.05, 0) is 72.4 Å². The predicted octanol–water partition coefficient (Wildman–Crippen LogP) is 7.29. The second kappa shape index (κ2) is 9.53. The molecule has 0 atom stereocenters. The van der Waals surface area contributed by atoms with Crippen molar-refractivity contribution in [2.75, 3.05) is 6.54 Å². The maximum absolute atomic E-state index is 13.3. The maximum atomic E-state index is 13.3. The molecular weight excluding hydrogens is 401 g/mol. The maximum Gasteiger partial charge on any atom is 0.254 e. The molecule has 1 fully saturated rings. The van der Waals surface area contributed by atoms with Crippen molar-refractivity contribution in [2.45, 2.75) is 64.3 Å². The van der Waals surface area contributed by atoms with E-state index in [4.69, 9.17) is 23.2 Å². The van der Waals surface area contributed by atoms with Crippen LogP contribution in [0.2, 0.25) is 5.02 Å². The molecule has 1 aliphatic carbocycles. The molecule has 0 N–H and O–H groups in total. The van der Waals surface area contributed by atoms with Crippen LogP contribution in [0.4, 0.5) is 0 Å². The Bertz CT molecular complexity index is 800. The third kappa shape index (κ3) is 5.99. The molecule has 0 bridgehead atoms. The van der Waals surface area contributed by atoms with Gasteiger partial charge in [-0.25, -0.2) is 0 Å². The molecule has 0 spiro atoms. The van der Waals surface area contributed by atoms with Crippen LogP contribution in [0.1, 0.15) is 73.9 Å². The van der Waals surface area contributed by atoms with Gasteiger partial charge in [-0.15, -0.1) is 11.6 Å². The molecule has 4 heteroatoms. The van der Waals surface area contributed by atoms with Gasteiger partial charge >= 0.3 is 0 Å². The summed E-state index contributed by atoms with van der Waals surface area (Å²) in [6.45, 7) is 7.34. The van der Waals surface area contributed by atoms with Crippen molar-refractivity contribution in [1.29, 1.82) is 0 Å². The molecule has 0 aromatic heterocycles. The minimum Gasteiger partial charge on any atom is -0.335 e. The van der Waals surface area contributed by atoms with Crippen molar-refractivity contribution >= 4 is 29.1 Å². The van der Waals surface area contributed by atoms with E-state index in [0.29, 0.717) is 16.8 Å². The highest BCUT2D eigenvalue weighted by Crippen LogP contribution is 2.36. The van der Waals surface area contributed by atoms with E-state index in [1.807, 2.05) is 12.1 Å². The molecule has 2 aromatic rings. The van der Waals surface area contributed by atoms with Crippen LogP contribution < -0.4 is 0 Å². The predicted molar refractivity (Wildman–Crippen MR) is 123 cm³/mol. The van der Waals surface area contributed by atoms with E-state index in [1.165, 1.54) is 5.56 Å². The molecule has 0 saturated heterocycles. The first-order chi connectivity index (χ1) is 13.8. The Labute approximate surface area is 185 Å². The van der Waals surface area contributed by atoms with Crippen LogP contribution in [0.5, 0.6) is 0 Å². The first kappa shape index (κ1) is 22.2. The molecule has 1 amide bonds. The van der Waals surface area contributed by atoms with Crippen molar-refractivity contribution in [3.05, 3.63) is 70.2 Å². The van der Waals surface area contributed by atoms with Crippen molar-refractivity contribution < 1.29 is 4.79 Å². The molecule has 29 heavy (non-hydrogen) atoms. The first-order valence-electron chi connectivity index (χ1n) is 10.5. The van der Waals surface area contributed by atoms with E-state index >= 15 is 0 Å². The van der Waals surface area contributed by atoms with Gasteiger partial charge in [0.05, 0.1) is 0 Å². The summed E-state index contributed by atoms with van der Waals surface area (Å²) < 4.78 is 0. The largest absolute Gasteiger partial charge is 0.335 e. The average Bonchev–Trinajstić information content (AvgIpc) is 2.72. The van der Waals surface area contributed by atoms with E-state index in [9.17, 15) is 4.79 Å². The fourth-order valence-corrected chi connectivity index (χ4v) is 4.54. The molecule has 0 heterocycles. The summed E-state index contributed by atoms with van der Waals surface area (Å²) in [5.41, 5.74) is 3.33. The van der Waals surface area contributed by atoms with Crippen LogP contribution in [0.15, 0.2) is 48.5 Å². The Kier molecular flexibility index (Phi) is 7.29. The van der Waals surface area contributed by atoms with Crippen molar-refractivity contribution in [1.82, 2.24) is 4.90 Å². The lowest BCUT2D eigenvalue weighted by atomic mass is 9.80. The van der Waals surface area contributed by atoms with Gasteiger partial charge in [0.15, 0.2) is 0 Å². The second-order valence-corrected chi connectivity index (χ2v) is 10.1. The number of hydrogen-bond acceptors (Lipinski definition) is 1. The van der Waals surface area contributed by atoms with Gasteiger partial charge in [0, 0.05) is 29.1 Å². The van der Waals surface area contributed by atoms with Crippen LogP contribution in [0.3, 0.4) is 0 Å². The number of nitrogens with zero attached hydrogens (tertiary/aromatic N) is 1. The minimum absolute atomic E-state index is 0.0519. The molecule has 2 aromatic carbocycles. The Morgan fingerprint density at radius 3 is 2.07 bits per heavy atom. The highest BCUT2D eigenvalue weighted by Gasteiger charge is 2.32. The number of rotatable bonds is 5. The molecule has 0 radical (unpaired) electrons. The van der Waals surface area contributed by atoms with Gasteiger partial charge in [-0.2, -0.15) is 0 Å². The van der Waals surface area contributed by atoms with E-state index in [-0.39, 0.29) is 17.4 Å². The third-order valence-electron chi connectivity index (χ3n) is 5.74. The molecule has 3 rings (SSSR count). The third-order valence-corrected chi connectivity index (χ3v) is 6.30. The van der Waals surface area contributed by atoms with Crippen molar-refractivity contribution in [3.63, 3.8) is 0 Å². The van der Waals surface area contributed by atoms with Gasteiger partial charge in [0.1, 0.15) is 0 Å². The van der Waals surface area contributed by atoms with E-state index in [2.05, 4.69) is 49.9 Å². The topological polar surface area (TPSA) is 20.3 Å². The van der Waals surface area contributed by atoms with Crippen molar-refractivity contribution in [2.24, 2.45) is 5.41 Å². The van der Waals surface area contributed by atoms with Gasteiger partial charge in [0.2, 0.25) is 0 Å². The van der Waals surface area contributed by atoms with Crippen LogP contribution in [0.25, 0.3) is 0 Å². The first-order valence-corrected chi connectivity index (χ1v) is 11.4. The number of hydrogen-bond donors (Lipinski definition) is 0. The number of benzene rings is 2. The standard InChI is InChI=1S/C25H31Cl2NO/c1-25(2,3)17-28(24(29)21-8-12-22(27)13-9-21)23-14-10-20(11-15-23)19-6-4-18(16-26)5-7-19/h4-9,12-13,20,23H,10-11,14-17H2,1-3H3. The molecule has 1 aliphatic rings. The molecule has 2 nitrogen and oxygen atoms in total. The van der Waals surface area contributed by atoms with Gasteiger partial charge < -0.3 is 4.90 Å². The lowest BCUT2D eigenvalue weighted by Gasteiger charge is -2.40. The normalized spacial score (nSPS) is 19.8. The SMILES string of the molecule is CC(C)(C)CN(C(=O)c1ccc(Cl)cc1)C1CCC(c2ccc(CCl)cc2)CC1. The monoisotopic (exact) mass is 431 g/mol. The van der Waals surface area contributed by atoms with Gasteiger partial charge in [0.25, 0.3) is 5.91 Å². The van der Waals surface area contributed by atoms with Crippen LogP contribution >= 0.6 is 23.2 Å². The van der Waals surface area contributed by atoms with E-state index < -0.39 is 0 Å². The summed E-state index contributed by atoms with van der Waals surface area (Å²) in [4.78, 5) is 15.4. The van der Waals surface area contributed by atoms with E-state index in [1.54, 1.807) is 12.1 Å². The zero-order chi connectivity index (χ0) is 21.0. The summed E-state index contributed by atoms with van der Waals surface area (Å²) in [5.74, 6) is 1.24. The minimum atomic E-state index is 0.0519. The number of halogens is 2. The van der Waals surface area contributed by atoms with Crippen LogP contribution in [-0.2, 0) is 5.88 Å². The summed E-state index contributed by atoms with van der Waals surface area (Å²) in [5, 5.41) is 0.657. The molecular formula is C25H31Cl2NO. The quantitative estimate of drug-likeness (QED) is 0.454. The highest BCUT2D eigenvalue weighted by atomic mass is 35.5. The number of alkyl halides is 1. The smallest absolute Gasteiger partial charge is 0.254 e. The average molecular weight is 432 g/mol. The summed E-state index contributed by atoms with van der Waals surface area (Å²) in [6.07, 6.45) is 4.30. The van der Waals surface area contributed by atoms with E-state index in [0.717, 1.165) is 43.4 Å². The molecule has 1 saturated carbocycles. The fourth-order valence-electron chi connectivity index (χ4n) is 4.24. The number of carbonyl (C=O) groups excluding carboxylic acids is 1. The number of carbonyl (C=O) groups is 1. The van der Waals surface area contributed by atoms with Gasteiger partial charge in [-0.3, -0.25) is 4.79 Å². The molecule has 0 unspecified atom stereocenters. The number of amides is 1. The Morgan fingerprint density at radius 1 is 0.966 bits per heavy atom. The highest BCUT2D eigenvalue weighted by molar-refractivity contribution is 6.30. The lowest BCUT2D eigenvalue weighted by molar-refractivity contribution is 0.0534. The summed E-state index contributed by atoms with van der Waals surface area (Å²) in [6, 6.07) is 16.2. The molecule has 0 aliphatic heterocycles. The van der Waals surface area contributed by atoms with Gasteiger partial charge in [-0.1, -0.05) is 56.6 Å². The Balaban J connectivity index is 1.72.